The summed E-state index contributed by atoms with van der Waals surface area (Å²) < 4.78 is 6.07. The van der Waals surface area contributed by atoms with Gasteiger partial charge < -0.3 is 10.1 Å². The Morgan fingerprint density at radius 1 is 0.829 bits per heavy atom. The van der Waals surface area contributed by atoms with Gasteiger partial charge in [-0.05, 0) is 59.4 Å². The molecule has 1 heterocycles. The fraction of sp³-hybridized carbons (Fsp3) is 0.156. The minimum absolute atomic E-state index is 0.301. The second kappa shape index (κ2) is 9.63. The molecule has 3 nitrogen and oxygen atoms in total. The molecule has 1 N–H and O–H groups in total. The van der Waals surface area contributed by atoms with Crippen molar-refractivity contribution in [3.63, 3.8) is 0 Å². The van der Waals surface area contributed by atoms with E-state index in [0.717, 1.165) is 29.0 Å². The maximum Gasteiger partial charge on any atom is 0.128 e. The molecule has 0 aromatic heterocycles. The molecule has 6 rings (SSSR count). The maximum atomic E-state index is 6.07. The molecular weight excluding hydrogens is 428 g/mol. The highest BCUT2D eigenvalue weighted by molar-refractivity contribution is 5.85. The van der Waals surface area contributed by atoms with Crippen LogP contribution in [0.3, 0.4) is 0 Å². The molecule has 0 bridgehead atoms. The SMILES string of the molecule is C1=C[C@@H]2c3ccccc3N[C@@H](c3ccc(N=Cc4ccccc4OCc4ccccc4)cc3)[C@H]2C1. The van der Waals surface area contributed by atoms with Crippen molar-refractivity contribution < 1.29 is 4.74 Å². The molecular formula is C32H28N2O. The topological polar surface area (TPSA) is 33.6 Å². The lowest BCUT2D eigenvalue weighted by molar-refractivity contribution is 0.306. The molecule has 0 saturated heterocycles. The lowest BCUT2D eigenvalue weighted by Crippen LogP contribution is -2.28. The van der Waals surface area contributed by atoms with Gasteiger partial charge in [-0.1, -0.05) is 84.9 Å². The largest absolute Gasteiger partial charge is 0.488 e. The Balaban J connectivity index is 1.18. The molecule has 0 amide bonds. The van der Waals surface area contributed by atoms with Crippen molar-refractivity contribution >= 4 is 17.6 Å². The van der Waals surface area contributed by atoms with Crippen LogP contribution < -0.4 is 10.1 Å². The van der Waals surface area contributed by atoms with Crippen LogP contribution in [-0.4, -0.2) is 6.21 Å². The van der Waals surface area contributed by atoms with Crippen LogP contribution in [0.15, 0.2) is 120 Å². The molecule has 4 aromatic carbocycles. The van der Waals surface area contributed by atoms with E-state index in [2.05, 4.69) is 78.1 Å². The number of anilines is 1. The van der Waals surface area contributed by atoms with Crippen LogP contribution in [0.5, 0.6) is 5.75 Å². The summed E-state index contributed by atoms with van der Waals surface area (Å²) >= 11 is 0. The number of nitrogens with zero attached hydrogens (tertiary/aromatic N) is 1. The van der Waals surface area contributed by atoms with Gasteiger partial charge in [0.25, 0.3) is 0 Å². The zero-order valence-electron chi connectivity index (χ0n) is 19.5. The number of allylic oxidation sites excluding steroid dienone is 2. The molecule has 3 atom stereocenters. The molecule has 4 aromatic rings. The summed E-state index contributed by atoms with van der Waals surface area (Å²) in [6.07, 6.45) is 7.72. The second-order valence-electron chi connectivity index (χ2n) is 9.22. The van der Waals surface area contributed by atoms with E-state index in [-0.39, 0.29) is 0 Å². The van der Waals surface area contributed by atoms with E-state index in [9.17, 15) is 0 Å². The first kappa shape index (κ1) is 21.4. The van der Waals surface area contributed by atoms with Gasteiger partial charge in [-0.3, -0.25) is 4.99 Å². The predicted molar refractivity (Wildman–Crippen MR) is 144 cm³/mol. The summed E-state index contributed by atoms with van der Waals surface area (Å²) in [4.78, 5) is 4.74. The number of hydrogen-bond donors (Lipinski definition) is 1. The van der Waals surface area contributed by atoms with Crippen LogP contribution in [0.1, 0.15) is 40.6 Å². The molecule has 3 heteroatoms. The first-order valence-corrected chi connectivity index (χ1v) is 12.3. The van der Waals surface area contributed by atoms with E-state index < -0.39 is 0 Å². The van der Waals surface area contributed by atoms with Crippen molar-refractivity contribution in [2.24, 2.45) is 10.9 Å². The molecule has 35 heavy (non-hydrogen) atoms. The van der Waals surface area contributed by atoms with Crippen LogP contribution in [0, 0.1) is 5.92 Å². The van der Waals surface area contributed by atoms with Gasteiger partial charge in [-0.2, -0.15) is 0 Å². The third-order valence-corrected chi connectivity index (χ3v) is 7.03. The van der Waals surface area contributed by atoms with Crippen LogP contribution >= 0.6 is 0 Å². The number of hydrogen-bond acceptors (Lipinski definition) is 3. The average molecular weight is 457 g/mol. The fourth-order valence-electron chi connectivity index (χ4n) is 5.24. The van der Waals surface area contributed by atoms with E-state index in [1.165, 1.54) is 16.8 Å². The van der Waals surface area contributed by atoms with Crippen LogP contribution in [-0.2, 0) is 6.61 Å². The third kappa shape index (κ3) is 4.50. The Bertz CT molecular complexity index is 1360. The summed E-state index contributed by atoms with van der Waals surface area (Å²) in [6, 6.07) is 35.9. The molecule has 0 unspecified atom stereocenters. The van der Waals surface area contributed by atoms with E-state index in [4.69, 9.17) is 9.73 Å². The highest BCUT2D eigenvalue weighted by atomic mass is 16.5. The average Bonchev–Trinajstić information content (AvgIpc) is 3.42. The predicted octanol–water partition coefficient (Wildman–Crippen LogP) is 7.84. The number of benzene rings is 4. The van der Waals surface area contributed by atoms with Gasteiger partial charge in [0.15, 0.2) is 0 Å². The summed E-state index contributed by atoms with van der Waals surface area (Å²) in [5.74, 6) is 1.87. The van der Waals surface area contributed by atoms with Gasteiger partial charge in [0.2, 0.25) is 0 Å². The smallest absolute Gasteiger partial charge is 0.128 e. The molecule has 1 aliphatic carbocycles. The summed E-state index contributed by atoms with van der Waals surface area (Å²) in [7, 11) is 0. The van der Waals surface area contributed by atoms with E-state index in [0.29, 0.717) is 24.5 Å². The van der Waals surface area contributed by atoms with Crippen molar-refractivity contribution in [2.45, 2.75) is 25.0 Å². The number of ether oxygens (including phenoxy) is 1. The Hall–Kier alpha value is -4.11. The second-order valence-corrected chi connectivity index (χ2v) is 9.22. The standard InChI is InChI=1S/C32H28N2O/c1-2-9-23(10-3-1)22-35-31-16-7-4-11-25(31)21-33-26-19-17-24(18-20-26)32-29-14-8-13-27(29)28-12-5-6-15-30(28)34-32/h1-13,15-21,27,29,32,34H,14,22H2/t27-,29+,32+/m1/s1. The van der Waals surface area contributed by atoms with Crippen molar-refractivity contribution in [1.82, 2.24) is 0 Å². The van der Waals surface area contributed by atoms with Gasteiger partial charge in [-0.25, -0.2) is 0 Å². The number of para-hydroxylation sites is 2. The van der Waals surface area contributed by atoms with E-state index >= 15 is 0 Å². The molecule has 172 valence electrons. The molecule has 1 aliphatic heterocycles. The number of rotatable bonds is 6. The van der Waals surface area contributed by atoms with Crippen molar-refractivity contribution in [3.8, 4) is 5.75 Å². The minimum Gasteiger partial charge on any atom is -0.488 e. The minimum atomic E-state index is 0.301. The van der Waals surface area contributed by atoms with Gasteiger partial charge >= 0.3 is 0 Å². The van der Waals surface area contributed by atoms with Crippen LogP contribution in [0.4, 0.5) is 11.4 Å². The number of aliphatic imine (C=N–C) groups is 1. The normalized spacial score (nSPS) is 20.3. The number of nitrogens with one attached hydrogen (secondary N) is 1. The highest BCUT2D eigenvalue weighted by Crippen LogP contribution is 2.49. The third-order valence-electron chi connectivity index (χ3n) is 7.03. The Morgan fingerprint density at radius 2 is 1.60 bits per heavy atom. The zero-order valence-corrected chi connectivity index (χ0v) is 19.5. The van der Waals surface area contributed by atoms with Gasteiger partial charge in [0, 0.05) is 23.4 Å². The fourth-order valence-corrected chi connectivity index (χ4v) is 5.24. The molecule has 0 fully saturated rings. The molecule has 0 saturated carbocycles. The van der Waals surface area contributed by atoms with Gasteiger partial charge in [0.05, 0.1) is 11.7 Å². The van der Waals surface area contributed by atoms with Gasteiger partial charge in [-0.15, -0.1) is 0 Å². The zero-order chi connectivity index (χ0) is 23.5. The van der Waals surface area contributed by atoms with E-state index in [1.54, 1.807) is 0 Å². The van der Waals surface area contributed by atoms with Gasteiger partial charge in [0.1, 0.15) is 12.4 Å². The lowest BCUT2D eigenvalue weighted by Gasteiger charge is -2.37. The number of fused-ring (bicyclic) bond motifs is 3. The first-order valence-electron chi connectivity index (χ1n) is 12.3. The summed E-state index contributed by atoms with van der Waals surface area (Å²) in [5, 5.41) is 3.80. The molecule has 0 radical (unpaired) electrons. The van der Waals surface area contributed by atoms with E-state index in [1.807, 2.05) is 48.7 Å². The first-order chi connectivity index (χ1) is 17.3. The highest BCUT2D eigenvalue weighted by Gasteiger charge is 2.37. The monoisotopic (exact) mass is 456 g/mol. The molecule has 2 aliphatic rings. The summed E-state index contributed by atoms with van der Waals surface area (Å²) in [6.45, 7) is 0.537. The van der Waals surface area contributed by atoms with Crippen molar-refractivity contribution in [1.29, 1.82) is 0 Å². The quantitative estimate of drug-likeness (QED) is 0.237. The van der Waals surface area contributed by atoms with Crippen molar-refractivity contribution in [3.05, 3.63) is 138 Å². The maximum absolute atomic E-state index is 6.07. The van der Waals surface area contributed by atoms with Crippen LogP contribution in [0.2, 0.25) is 0 Å². The Kier molecular flexibility index (Phi) is 5.90. The lowest BCUT2D eigenvalue weighted by atomic mass is 9.77. The molecule has 0 spiro atoms. The summed E-state index contributed by atoms with van der Waals surface area (Å²) in [5.41, 5.74) is 7.02. The van der Waals surface area contributed by atoms with Crippen LogP contribution in [0.25, 0.3) is 0 Å². The van der Waals surface area contributed by atoms with Crippen molar-refractivity contribution in [2.75, 3.05) is 5.32 Å². The Morgan fingerprint density at radius 3 is 2.49 bits per heavy atom. The Labute approximate surface area is 206 Å².